The molecule has 1 aliphatic heterocycles. The Kier molecular flexibility index (Phi) is 5.49. The zero-order chi connectivity index (χ0) is 14.6. The third-order valence-corrected chi connectivity index (χ3v) is 4.78. The number of morpholine rings is 1. The van der Waals surface area contributed by atoms with Gasteiger partial charge in [0.05, 0.1) is 12.2 Å². The van der Waals surface area contributed by atoms with Crippen LogP contribution in [0, 0.1) is 11.3 Å². The number of rotatable bonds is 6. The fourth-order valence-electron chi connectivity index (χ4n) is 3.87. The van der Waals surface area contributed by atoms with Gasteiger partial charge in [-0.3, -0.25) is 4.90 Å². The number of hydrogen-bond donors (Lipinski definition) is 1. The highest BCUT2D eigenvalue weighted by atomic mass is 16.5. The molecule has 3 nitrogen and oxygen atoms in total. The van der Waals surface area contributed by atoms with Crippen LogP contribution in [0.1, 0.15) is 53.4 Å². The molecule has 1 aliphatic carbocycles. The van der Waals surface area contributed by atoms with E-state index in [0.717, 1.165) is 32.2 Å². The summed E-state index contributed by atoms with van der Waals surface area (Å²) >= 11 is 0. The molecule has 3 heteroatoms. The minimum Gasteiger partial charge on any atom is -0.373 e. The summed E-state index contributed by atoms with van der Waals surface area (Å²) in [5.41, 5.74) is 0.547. The maximum Gasteiger partial charge on any atom is 0.0753 e. The number of nitrogens with zero attached hydrogens (tertiary/aromatic N) is 1. The van der Waals surface area contributed by atoms with Crippen LogP contribution in [0.5, 0.6) is 0 Å². The maximum absolute atomic E-state index is 5.85. The van der Waals surface area contributed by atoms with Crippen molar-refractivity contribution in [2.75, 3.05) is 39.3 Å². The van der Waals surface area contributed by atoms with E-state index in [1.807, 2.05) is 0 Å². The SMILES string of the molecule is CC(C)CNCC1(CN2CCOC(C)(C)C2)CCCC1. The molecule has 0 aromatic carbocycles. The Morgan fingerprint density at radius 2 is 1.90 bits per heavy atom. The van der Waals surface area contributed by atoms with Gasteiger partial charge in [-0.1, -0.05) is 26.7 Å². The molecular formula is C17H34N2O. The highest BCUT2D eigenvalue weighted by molar-refractivity contribution is 4.91. The molecule has 2 aliphatic rings. The van der Waals surface area contributed by atoms with Crippen molar-refractivity contribution in [2.45, 2.75) is 59.0 Å². The number of ether oxygens (including phenoxy) is 1. The number of hydrogen-bond acceptors (Lipinski definition) is 3. The second-order valence-corrected chi connectivity index (χ2v) is 8.05. The molecule has 1 N–H and O–H groups in total. The van der Waals surface area contributed by atoms with Crippen LogP contribution < -0.4 is 5.32 Å². The van der Waals surface area contributed by atoms with Gasteiger partial charge in [0.15, 0.2) is 0 Å². The maximum atomic E-state index is 5.85. The summed E-state index contributed by atoms with van der Waals surface area (Å²) < 4.78 is 5.85. The Hall–Kier alpha value is -0.120. The first-order valence-electron chi connectivity index (χ1n) is 8.48. The monoisotopic (exact) mass is 282 g/mol. The largest absolute Gasteiger partial charge is 0.373 e. The third-order valence-electron chi connectivity index (χ3n) is 4.78. The van der Waals surface area contributed by atoms with E-state index in [2.05, 4.69) is 37.9 Å². The van der Waals surface area contributed by atoms with Crippen LogP contribution >= 0.6 is 0 Å². The van der Waals surface area contributed by atoms with Gasteiger partial charge < -0.3 is 10.1 Å². The second-order valence-electron chi connectivity index (χ2n) is 8.05. The fourth-order valence-corrected chi connectivity index (χ4v) is 3.87. The van der Waals surface area contributed by atoms with Gasteiger partial charge in [-0.05, 0) is 44.6 Å². The van der Waals surface area contributed by atoms with Crippen LogP contribution in [0.15, 0.2) is 0 Å². The van der Waals surface area contributed by atoms with Crippen molar-refractivity contribution >= 4 is 0 Å². The first-order chi connectivity index (χ1) is 9.41. The minimum atomic E-state index is 0.0312. The van der Waals surface area contributed by atoms with E-state index in [1.165, 1.54) is 38.8 Å². The molecular weight excluding hydrogens is 248 g/mol. The molecule has 0 unspecified atom stereocenters. The summed E-state index contributed by atoms with van der Waals surface area (Å²) in [4.78, 5) is 2.64. The van der Waals surface area contributed by atoms with Gasteiger partial charge in [0.1, 0.15) is 0 Å². The highest BCUT2D eigenvalue weighted by Gasteiger charge is 2.37. The van der Waals surface area contributed by atoms with Gasteiger partial charge in [-0.25, -0.2) is 0 Å². The van der Waals surface area contributed by atoms with E-state index in [4.69, 9.17) is 4.74 Å². The van der Waals surface area contributed by atoms with Crippen LogP contribution in [0.25, 0.3) is 0 Å². The summed E-state index contributed by atoms with van der Waals surface area (Å²) in [7, 11) is 0. The molecule has 118 valence electrons. The molecule has 2 fully saturated rings. The first kappa shape index (κ1) is 16.3. The van der Waals surface area contributed by atoms with Crippen molar-refractivity contribution < 1.29 is 4.74 Å². The molecule has 1 saturated heterocycles. The molecule has 0 amide bonds. The molecule has 1 saturated carbocycles. The van der Waals surface area contributed by atoms with E-state index >= 15 is 0 Å². The lowest BCUT2D eigenvalue weighted by molar-refractivity contribution is -0.0940. The third kappa shape index (κ3) is 4.71. The molecule has 0 aromatic rings. The van der Waals surface area contributed by atoms with Crippen molar-refractivity contribution in [3.8, 4) is 0 Å². The average Bonchev–Trinajstić information content (AvgIpc) is 2.76. The van der Waals surface area contributed by atoms with Gasteiger partial charge in [0, 0.05) is 26.2 Å². The lowest BCUT2D eigenvalue weighted by atomic mass is 9.84. The Balaban J connectivity index is 1.88. The highest BCUT2D eigenvalue weighted by Crippen LogP contribution is 2.39. The lowest BCUT2D eigenvalue weighted by Gasteiger charge is -2.43. The van der Waals surface area contributed by atoms with Gasteiger partial charge >= 0.3 is 0 Å². The van der Waals surface area contributed by atoms with Crippen LogP contribution in [-0.2, 0) is 4.74 Å². The van der Waals surface area contributed by atoms with Crippen molar-refractivity contribution in [3.05, 3.63) is 0 Å². The van der Waals surface area contributed by atoms with Crippen LogP contribution in [0.2, 0.25) is 0 Å². The standard InChI is InChI=1S/C17H34N2O/c1-15(2)11-18-12-17(7-5-6-8-17)14-19-9-10-20-16(3,4)13-19/h15,18H,5-14H2,1-4H3. The summed E-state index contributed by atoms with van der Waals surface area (Å²) in [5, 5.41) is 3.72. The van der Waals surface area contributed by atoms with Crippen LogP contribution in [0.4, 0.5) is 0 Å². The molecule has 2 rings (SSSR count). The zero-order valence-electron chi connectivity index (χ0n) is 14.0. The van der Waals surface area contributed by atoms with E-state index in [-0.39, 0.29) is 5.60 Å². The quantitative estimate of drug-likeness (QED) is 0.811. The number of nitrogens with one attached hydrogen (secondary N) is 1. The van der Waals surface area contributed by atoms with Crippen LogP contribution in [-0.4, -0.2) is 49.8 Å². The fraction of sp³-hybridized carbons (Fsp3) is 1.00. The average molecular weight is 282 g/mol. The van der Waals surface area contributed by atoms with E-state index < -0.39 is 0 Å². The molecule has 0 radical (unpaired) electrons. The Morgan fingerprint density at radius 3 is 2.50 bits per heavy atom. The summed E-state index contributed by atoms with van der Waals surface area (Å²) in [6.07, 6.45) is 5.62. The minimum absolute atomic E-state index is 0.0312. The van der Waals surface area contributed by atoms with E-state index in [1.54, 1.807) is 0 Å². The van der Waals surface area contributed by atoms with Crippen molar-refractivity contribution in [2.24, 2.45) is 11.3 Å². The van der Waals surface area contributed by atoms with Crippen molar-refractivity contribution in [1.82, 2.24) is 10.2 Å². The Bertz CT molecular complexity index is 295. The van der Waals surface area contributed by atoms with Crippen molar-refractivity contribution in [1.29, 1.82) is 0 Å². The van der Waals surface area contributed by atoms with E-state index in [9.17, 15) is 0 Å². The smallest absolute Gasteiger partial charge is 0.0753 e. The molecule has 0 bridgehead atoms. The predicted molar refractivity (Wildman–Crippen MR) is 85.1 cm³/mol. The first-order valence-corrected chi connectivity index (χ1v) is 8.48. The molecule has 20 heavy (non-hydrogen) atoms. The molecule has 0 atom stereocenters. The predicted octanol–water partition coefficient (Wildman–Crippen LogP) is 2.90. The van der Waals surface area contributed by atoms with Gasteiger partial charge in [-0.2, -0.15) is 0 Å². The van der Waals surface area contributed by atoms with Crippen LogP contribution in [0.3, 0.4) is 0 Å². The molecule has 0 aromatic heterocycles. The van der Waals surface area contributed by atoms with Gasteiger partial charge in [0.2, 0.25) is 0 Å². The summed E-state index contributed by atoms with van der Waals surface area (Å²) in [6, 6.07) is 0. The second kappa shape index (κ2) is 6.76. The summed E-state index contributed by atoms with van der Waals surface area (Å²) in [6.45, 7) is 15.7. The topological polar surface area (TPSA) is 24.5 Å². The Morgan fingerprint density at radius 1 is 1.20 bits per heavy atom. The molecule has 0 spiro atoms. The zero-order valence-corrected chi connectivity index (χ0v) is 14.0. The normalized spacial score (nSPS) is 26.2. The summed E-state index contributed by atoms with van der Waals surface area (Å²) in [5.74, 6) is 0.746. The van der Waals surface area contributed by atoms with Gasteiger partial charge in [-0.15, -0.1) is 0 Å². The molecule has 1 heterocycles. The van der Waals surface area contributed by atoms with Crippen molar-refractivity contribution in [3.63, 3.8) is 0 Å². The Labute approximate surface area is 125 Å². The van der Waals surface area contributed by atoms with E-state index in [0.29, 0.717) is 5.41 Å². The lowest BCUT2D eigenvalue weighted by Crippen LogP contribution is -2.52. The van der Waals surface area contributed by atoms with Gasteiger partial charge in [0.25, 0.3) is 0 Å².